The Hall–Kier alpha value is -6.39. The number of aromatic hydroxyl groups is 3. The van der Waals surface area contributed by atoms with Crippen molar-refractivity contribution in [2.45, 2.75) is 77.7 Å². The van der Waals surface area contributed by atoms with Crippen LogP contribution in [0, 0.1) is 11.8 Å². The van der Waals surface area contributed by atoms with Crippen molar-refractivity contribution in [2.75, 3.05) is 13.1 Å². The Bertz CT molecular complexity index is 2280. The molecule has 320 valence electrons. The number of ether oxygens (including phenoxy) is 1. The molecule has 7 N–H and O–H groups in total. The van der Waals surface area contributed by atoms with Crippen molar-refractivity contribution in [1.82, 2.24) is 30.3 Å². The number of aromatic nitrogens is 3. The molecule has 1 saturated heterocycles. The number of nitrogens with one attached hydrogen (secondary N) is 2. The number of likely N-dealkylation sites (tertiary alicyclic amines) is 1. The zero-order chi connectivity index (χ0) is 43.8. The Balaban J connectivity index is 1.02. The second-order valence-corrected chi connectivity index (χ2v) is 16.3. The van der Waals surface area contributed by atoms with Crippen molar-refractivity contribution in [2.24, 2.45) is 11.8 Å². The predicted molar refractivity (Wildman–Crippen MR) is 229 cm³/mol. The van der Waals surface area contributed by atoms with E-state index in [4.69, 9.17) is 4.74 Å². The summed E-state index contributed by atoms with van der Waals surface area (Å²) in [5, 5.41) is 64.8. The first-order valence-corrected chi connectivity index (χ1v) is 20.5. The summed E-state index contributed by atoms with van der Waals surface area (Å²) in [6.07, 6.45) is 1.36. The number of hydrogen-bond donors (Lipinski definition) is 7. The van der Waals surface area contributed by atoms with Crippen LogP contribution in [-0.4, -0.2) is 95.1 Å². The molecule has 1 aliphatic rings. The molecule has 2 heterocycles. The molecule has 5 aromatic rings. The standard InChI is InChI=1S/C45H53BN6O9/c1-27(2)22-40(46(59)60)48-43(56)37(24-29-8-6-5-7-9-29)47-42(55)32-18-20-51(21-19-32)45(58)61-34-16-12-31(13-17-34)23-30-10-14-33(15-11-30)52-41(49-50-44(52)57)36-25-35(28(3)4)38(53)26-39(36)54/h5-17,25-28,32,37,40,53-54,59-60H,18-24H2,1-4H3,(H,47,55)(H,48,56)(H,50,57)/t37?,40-/m0/s1. The van der Waals surface area contributed by atoms with Crippen LogP contribution in [-0.2, 0) is 22.4 Å². The summed E-state index contributed by atoms with van der Waals surface area (Å²) >= 11 is 0. The molecule has 0 spiro atoms. The first-order chi connectivity index (χ1) is 29.2. The first-order valence-electron chi connectivity index (χ1n) is 20.5. The molecule has 61 heavy (non-hydrogen) atoms. The number of nitrogens with zero attached hydrogens (tertiary/aromatic N) is 4. The molecule has 15 nitrogen and oxygen atoms in total. The van der Waals surface area contributed by atoms with Crippen LogP contribution < -0.4 is 15.4 Å². The van der Waals surface area contributed by atoms with E-state index >= 15 is 0 Å². The highest BCUT2D eigenvalue weighted by Gasteiger charge is 2.33. The van der Waals surface area contributed by atoms with Gasteiger partial charge < -0.3 is 45.6 Å². The SMILES string of the molecule is CC(C)C[C@H](NC(=O)C(Cc1ccccc1)NC(=O)C1CCN(C(=O)Oc2ccc(Cc3ccc(-n4c(O)nnc4-c4cc(C(C)C)c(O)cc4O)cc3)cc2)CC1)B(O)O. The van der Waals surface area contributed by atoms with Gasteiger partial charge in [0.2, 0.25) is 11.8 Å². The maximum Gasteiger partial charge on any atom is 0.475 e. The van der Waals surface area contributed by atoms with Crippen molar-refractivity contribution in [3.8, 4) is 40.3 Å². The van der Waals surface area contributed by atoms with Gasteiger partial charge in [0, 0.05) is 31.5 Å². The Kier molecular flexibility index (Phi) is 14.3. The van der Waals surface area contributed by atoms with Gasteiger partial charge in [-0.1, -0.05) is 87.4 Å². The number of hydrogen-bond acceptors (Lipinski definition) is 11. The lowest BCUT2D eigenvalue weighted by Gasteiger charge is -2.31. The fourth-order valence-corrected chi connectivity index (χ4v) is 7.48. The van der Waals surface area contributed by atoms with Crippen LogP contribution in [0.15, 0.2) is 91.0 Å². The average Bonchev–Trinajstić information content (AvgIpc) is 3.61. The predicted octanol–water partition coefficient (Wildman–Crippen LogP) is 5.25. The molecule has 2 atom stereocenters. The molecule has 6 rings (SSSR count). The lowest BCUT2D eigenvalue weighted by molar-refractivity contribution is -0.132. The minimum absolute atomic E-state index is 0.0238. The molecule has 0 bridgehead atoms. The fourth-order valence-electron chi connectivity index (χ4n) is 7.48. The summed E-state index contributed by atoms with van der Waals surface area (Å²) < 4.78 is 7.09. The lowest BCUT2D eigenvalue weighted by atomic mass is 9.75. The zero-order valence-corrected chi connectivity index (χ0v) is 34.7. The van der Waals surface area contributed by atoms with Gasteiger partial charge in [-0.2, -0.15) is 0 Å². The van der Waals surface area contributed by atoms with Crippen molar-refractivity contribution in [3.05, 3.63) is 113 Å². The van der Waals surface area contributed by atoms with Gasteiger partial charge in [0.05, 0.1) is 17.2 Å². The van der Waals surface area contributed by atoms with Crippen LogP contribution in [0.5, 0.6) is 23.3 Å². The van der Waals surface area contributed by atoms with Gasteiger partial charge in [-0.15, -0.1) is 5.10 Å². The summed E-state index contributed by atoms with van der Waals surface area (Å²) in [5.41, 5.74) is 4.27. The molecular weight excluding hydrogens is 779 g/mol. The third kappa shape index (κ3) is 11.3. The number of phenols is 2. The van der Waals surface area contributed by atoms with E-state index in [2.05, 4.69) is 20.8 Å². The van der Waals surface area contributed by atoms with Gasteiger partial charge in [-0.3, -0.25) is 9.59 Å². The summed E-state index contributed by atoms with van der Waals surface area (Å²) in [7, 11) is -1.75. The van der Waals surface area contributed by atoms with Gasteiger partial charge in [-0.05, 0) is 90.1 Å². The molecule has 1 aliphatic heterocycles. The Morgan fingerprint density at radius 2 is 1.44 bits per heavy atom. The summed E-state index contributed by atoms with van der Waals surface area (Å²) in [6, 6.07) is 25.4. The minimum Gasteiger partial charge on any atom is -0.508 e. The number of carbonyl (C=O) groups excluding carboxylic acids is 3. The van der Waals surface area contributed by atoms with Crippen LogP contribution in [0.1, 0.15) is 75.1 Å². The van der Waals surface area contributed by atoms with Crippen LogP contribution >= 0.6 is 0 Å². The van der Waals surface area contributed by atoms with E-state index in [0.717, 1.165) is 16.7 Å². The molecule has 4 aromatic carbocycles. The van der Waals surface area contributed by atoms with E-state index in [1.807, 2.05) is 82.3 Å². The Morgan fingerprint density at radius 3 is 2.05 bits per heavy atom. The second-order valence-electron chi connectivity index (χ2n) is 16.3. The molecular formula is C45H53BN6O9. The van der Waals surface area contributed by atoms with Crippen molar-refractivity contribution in [3.63, 3.8) is 0 Å². The lowest BCUT2D eigenvalue weighted by Crippen LogP contribution is -2.56. The van der Waals surface area contributed by atoms with Crippen molar-refractivity contribution in [1.29, 1.82) is 0 Å². The molecule has 16 heteroatoms. The molecule has 1 fully saturated rings. The van der Waals surface area contributed by atoms with Crippen LogP contribution in [0.2, 0.25) is 0 Å². The van der Waals surface area contributed by atoms with Gasteiger partial charge >= 0.3 is 19.2 Å². The Morgan fingerprint density at radius 1 is 0.803 bits per heavy atom. The van der Waals surface area contributed by atoms with Crippen LogP contribution in [0.25, 0.3) is 17.1 Å². The average molecular weight is 833 g/mol. The normalized spacial score (nSPS) is 14.1. The highest BCUT2D eigenvalue weighted by molar-refractivity contribution is 6.43. The highest BCUT2D eigenvalue weighted by atomic mass is 16.6. The van der Waals surface area contributed by atoms with E-state index in [1.165, 1.54) is 10.6 Å². The van der Waals surface area contributed by atoms with E-state index in [9.17, 15) is 39.8 Å². The number of carbonyl (C=O) groups is 3. The number of phenolic OH excluding ortho intramolecular Hbond substituents is 2. The molecule has 0 aliphatic carbocycles. The van der Waals surface area contributed by atoms with E-state index < -0.39 is 37.0 Å². The summed E-state index contributed by atoms with van der Waals surface area (Å²) in [6.45, 7) is 8.24. The molecule has 1 aromatic heterocycles. The molecule has 1 unspecified atom stereocenters. The molecule has 0 radical (unpaired) electrons. The van der Waals surface area contributed by atoms with E-state index in [-0.39, 0.29) is 60.6 Å². The van der Waals surface area contributed by atoms with Gasteiger partial charge in [0.15, 0.2) is 5.82 Å². The maximum absolute atomic E-state index is 13.5. The quantitative estimate of drug-likeness (QED) is 0.0676. The smallest absolute Gasteiger partial charge is 0.475 e. The fraction of sp³-hybridized carbons (Fsp3) is 0.356. The molecule has 0 saturated carbocycles. The summed E-state index contributed by atoms with van der Waals surface area (Å²) in [5.74, 6) is -1.71. The van der Waals surface area contributed by atoms with Crippen LogP contribution in [0.3, 0.4) is 0 Å². The largest absolute Gasteiger partial charge is 0.508 e. The van der Waals surface area contributed by atoms with Gasteiger partial charge in [0.1, 0.15) is 23.3 Å². The van der Waals surface area contributed by atoms with Crippen molar-refractivity contribution < 1.29 is 44.5 Å². The third-order valence-corrected chi connectivity index (χ3v) is 10.8. The van der Waals surface area contributed by atoms with E-state index in [1.54, 1.807) is 35.2 Å². The topological polar surface area (TPSA) is 220 Å². The third-order valence-electron chi connectivity index (χ3n) is 10.8. The number of benzene rings is 4. The maximum atomic E-state index is 13.5. The second kappa shape index (κ2) is 19.8. The number of amides is 3. The zero-order valence-electron chi connectivity index (χ0n) is 34.7. The Labute approximate surface area is 355 Å². The van der Waals surface area contributed by atoms with E-state index in [0.29, 0.717) is 48.2 Å². The summed E-state index contributed by atoms with van der Waals surface area (Å²) in [4.78, 5) is 41.6. The van der Waals surface area contributed by atoms with Gasteiger partial charge in [0.25, 0.3) is 0 Å². The van der Waals surface area contributed by atoms with Gasteiger partial charge in [-0.25, -0.2) is 9.36 Å². The number of rotatable bonds is 15. The minimum atomic E-state index is -1.75. The first kappa shape index (κ1) is 44.2. The monoisotopic (exact) mass is 832 g/mol. The number of piperidine rings is 1. The van der Waals surface area contributed by atoms with Crippen molar-refractivity contribution >= 4 is 25.0 Å². The molecule has 3 amide bonds. The van der Waals surface area contributed by atoms with Crippen LogP contribution in [0.4, 0.5) is 4.79 Å². The highest BCUT2D eigenvalue weighted by Crippen LogP contribution is 2.39.